The second-order valence-electron chi connectivity index (χ2n) is 8.37. The maximum Gasteiger partial charge on any atom is 0.266 e. The van der Waals surface area contributed by atoms with Crippen molar-refractivity contribution in [2.75, 3.05) is 7.11 Å². The average Bonchev–Trinajstić information content (AvgIpc) is 2.66. The number of aryl methyl sites for hydroxylation is 1. The van der Waals surface area contributed by atoms with Gasteiger partial charge in [0.05, 0.1) is 24.9 Å². The molecule has 2 bridgehead atoms. The molecule has 2 aliphatic heterocycles. The van der Waals surface area contributed by atoms with Crippen molar-refractivity contribution in [3.63, 3.8) is 0 Å². The third-order valence-corrected chi connectivity index (χ3v) is 6.19. The molecule has 1 aromatic carbocycles. The maximum absolute atomic E-state index is 12.2. The largest absolute Gasteiger partial charge is 0.497 e. The van der Waals surface area contributed by atoms with E-state index in [-0.39, 0.29) is 12.1 Å². The van der Waals surface area contributed by atoms with Crippen LogP contribution in [0.5, 0.6) is 5.75 Å². The minimum absolute atomic E-state index is 0.150. The number of ether oxygens (including phenoxy) is 1. The lowest BCUT2D eigenvalue weighted by Gasteiger charge is -2.52. The topological polar surface area (TPSA) is 67.6 Å². The first-order valence-electron chi connectivity index (χ1n) is 10.1. The van der Waals surface area contributed by atoms with Crippen molar-refractivity contribution in [3.8, 4) is 5.75 Å². The zero-order chi connectivity index (χ0) is 19.7. The van der Waals surface area contributed by atoms with Gasteiger partial charge in [0.2, 0.25) is 0 Å². The summed E-state index contributed by atoms with van der Waals surface area (Å²) >= 11 is 0. The Kier molecular flexibility index (Phi) is 5.25. The Balaban J connectivity index is 1.52. The highest BCUT2D eigenvalue weighted by Crippen LogP contribution is 2.40. The van der Waals surface area contributed by atoms with Gasteiger partial charge >= 0.3 is 0 Å². The average molecular weight is 383 g/mol. The first-order chi connectivity index (χ1) is 13.5. The third kappa shape index (κ3) is 3.98. The van der Waals surface area contributed by atoms with Crippen LogP contribution in [-0.4, -0.2) is 44.6 Å². The van der Waals surface area contributed by atoms with Crippen LogP contribution in [0.3, 0.4) is 0 Å². The number of rotatable bonds is 5. The van der Waals surface area contributed by atoms with Gasteiger partial charge in [0, 0.05) is 24.7 Å². The molecule has 2 aliphatic rings. The number of aromatic nitrogens is 2. The van der Waals surface area contributed by atoms with E-state index in [2.05, 4.69) is 22.1 Å². The Hall–Kier alpha value is -2.18. The molecule has 3 heterocycles. The van der Waals surface area contributed by atoms with Crippen LogP contribution < -0.4 is 10.3 Å². The number of benzene rings is 1. The Morgan fingerprint density at radius 3 is 2.68 bits per heavy atom. The highest BCUT2D eigenvalue weighted by molar-refractivity contribution is 5.28. The van der Waals surface area contributed by atoms with Gasteiger partial charge in [-0.3, -0.25) is 9.69 Å². The third-order valence-electron chi connectivity index (χ3n) is 6.19. The minimum Gasteiger partial charge on any atom is -0.497 e. The molecular weight excluding hydrogens is 354 g/mol. The van der Waals surface area contributed by atoms with E-state index in [0.29, 0.717) is 24.9 Å². The fourth-order valence-corrected chi connectivity index (χ4v) is 4.93. The number of nitrogens with zero attached hydrogens (tertiary/aromatic N) is 3. The summed E-state index contributed by atoms with van der Waals surface area (Å²) in [6.07, 6.45) is 4.71. The quantitative estimate of drug-likeness (QED) is 0.859. The molecule has 28 heavy (non-hydrogen) atoms. The van der Waals surface area contributed by atoms with E-state index in [1.165, 1.54) is 22.7 Å². The SMILES string of the molecule is COc1cccc(CN2[C@H]3CCC[C@H]2CC(O)(Cn2nc(C)ccc2=O)C3)c1. The van der Waals surface area contributed by atoms with Crippen molar-refractivity contribution in [2.24, 2.45) is 0 Å². The van der Waals surface area contributed by atoms with Gasteiger partial charge in [-0.2, -0.15) is 5.10 Å². The van der Waals surface area contributed by atoms with Crippen molar-refractivity contribution < 1.29 is 9.84 Å². The Bertz CT molecular complexity index is 881. The molecule has 2 aromatic rings. The summed E-state index contributed by atoms with van der Waals surface area (Å²) in [7, 11) is 1.69. The highest BCUT2D eigenvalue weighted by Gasteiger charge is 2.45. The molecule has 1 N–H and O–H groups in total. The fourth-order valence-electron chi connectivity index (χ4n) is 4.93. The lowest BCUT2D eigenvalue weighted by atomic mass is 9.75. The van der Waals surface area contributed by atoms with Crippen molar-refractivity contribution in [1.82, 2.24) is 14.7 Å². The van der Waals surface area contributed by atoms with Crippen LogP contribution in [0.1, 0.15) is 43.4 Å². The summed E-state index contributed by atoms with van der Waals surface area (Å²) in [6, 6.07) is 12.1. The normalized spacial score (nSPS) is 27.5. The van der Waals surface area contributed by atoms with Crippen LogP contribution in [0.15, 0.2) is 41.2 Å². The molecule has 4 rings (SSSR count). The molecular formula is C22H29N3O3. The van der Waals surface area contributed by atoms with Crippen molar-refractivity contribution >= 4 is 0 Å². The van der Waals surface area contributed by atoms with Crippen molar-refractivity contribution in [2.45, 2.75) is 69.8 Å². The first kappa shape index (κ1) is 19.2. The van der Waals surface area contributed by atoms with Crippen LogP contribution in [0.4, 0.5) is 0 Å². The van der Waals surface area contributed by atoms with E-state index in [1.54, 1.807) is 13.2 Å². The number of fused-ring (bicyclic) bond motifs is 2. The van der Waals surface area contributed by atoms with Crippen LogP contribution in [0.2, 0.25) is 0 Å². The minimum atomic E-state index is -0.884. The van der Waals surface area contributed by atoms with Crippen LogP contribution in [-0.2, 0) is 13.1 Å². The first-order valence-corrected chi connectivity index (χ1v) is 10.1. The molecule has 150 valence electrons. The summed E-state index contributed by atoms with van der Waals surface area (Å²) < 4.78 is 6.79. The Morgan fingerprint density at radius 1 is 1.21 bits per heavy atom. The number of hydrogen-bond donors (Lipinski definition) is 1. The smallest absolute Gasteiger partial charge is 0.266 e. The second kappa shape index (κ2) is 7.68. The molecule has 0 saturated carbocycles. The Labute approximate surface area is 165 Å². The molecule has 0 aliphatic carbocycles. The predicted molar refractivity (Wildman–Crippen MR) is 107 cm³/mol. The lowest BCUT2D eigenvalue weighted by molar-refractivity contribution is -0.105. The highest BCUT2D eigenvalue weighted by atomic mass is 16.5. The summed E-state index contributed by atoms with van der Waals surface area (Å²) in [4.78, 5) is 14.7. The second-order valence-corrected chi connectivity index (χ2v) is 8.37. The molecule has 6 heteroatoms. The molecule has 2 atom stereocenters. The van der Waals surface area contributed by atoms with Gasteiger partial charge in [-0.25, -0.2) is 4.68 Å². The van der Waals surface area contributed by atoms with Gasteiger partial charge in [0.15, 0.2) is 0 Å². The van der Waals surface area contributed by atoms with Crippen molar-refractivity contribution in [1.29, 1.82) is 0 Å². The van der Waals surface area contributed by atoms with Gasteiger partial charge < -0.3 is 9.84 Å². The van der Waals surface area contributed by atoms with E-state index in [4.69, 9.17) is 4.74 Å². The van der Waals surface area contributed by atoms with Gasteiger partial charge in [-0.15, -0.1) is 0 Å². The van der Waals surface area contributed by atoms with E-state index in [0.717, 1.165) is 30.8 Å². The van der Waals surface area contributed by atoms with Crippen LogP contribution in [0.25, 0.3) is 0 Å². The molecule has 6 nitrogen and oxygen atoms in total. The van der Waals surface area contributed by atoms with Crippen molar-refractivity contribution in [3.05, 3.63) is 58.0 Å². The zero-order valence-electron chi connectivity index (χ0n) is 16.7. The standard InChI is InChI=1S/C22H29N3O3/c1-16-9-10-21(26)25(23-16)15-22(27)12-18-6-4-7-19(13-22)24(18)14-17-5-3-8-20(11-17)28-2/h3,5,8-11,18-19,27H,4,6-7,12-15H2,1-2H3/t18-,19-/m0/s1. The molecule has 0 spiro atoms. The molecule has 2 fully saturated rings. The zero-order valence-corrected chi connectivity index (χ0v) is 16.7. The summed E-state index contributed by atoms with van der Waals surface area (Å²) in [5.41, 5.74) is 0.991. The number of aliphatic hydroxyl groups is 1. The summed E-state index contributed by atoms with van der Waals surface area (Å²) in [6.45, 7) is 3.00. The van der Waals surface area contributed by atoms with E-state index in [9.17, 15) is 9.90 Å². The number of hydrogen-bond acceptors (Lipinski definition) is 5. The molecule has 0 unspecified atom stereocenters. The summed E-state index contributed by atoms with van der Waals surface area (Å²) in [5, 5.41) is 15.7. The number of piperidine rings is 2. The fraction of sp³-hybridized carbons (Fsp3) is 0.545. The van der Waals surface area contributed by atoms with Gasteiger partial charge in [-0.05, 0) is 56.4 Å². The Morgan fingerprint density at radius 2 is 1.96 bits per heavy atom. The molecule has 0 amide bonds. The van der Waals surface area contributed by atoms with Gasteiger partial charge in [-0.1, -0.05) is 18.6 Å². The monoisotopic (exact) mass is 383 g/mol. The maximum atomic E-state index is 12.2. The van der Waals surface area contributed by atoms with Crippen LogP contribution in [0, 0.1) is 6.92 Å². The summed E-state index contributed by atoms with van der Waals surface area (Å²) in [5.74, 6) is 0.876. The molecule has 1 aromatic heterocycles. The van der Waals surface area contributed by atoms with Gasteiger partial charge in [0.1, 0.15) is 5.75 Å². The molecule has 2 saturated heterocycles. The lowest BCUT2D eigenvalue weighted by Crippen LogP contribution is -2.59. The molecule has 0 radical (unpaired) electrons. The number of methoxy groups -OCH3 is 1. The van der Waals surface area contributed by atoms with E-state index in [1.807, 2.05) is 19.1 Å². The van der Waals surface area contributed by atoms with E-state index >= 15 is 0 Å². The predicted octanol–water partition coefficient (Wildman–Crippen LogP) is 2.51. The van der Waals surface area contributed by atoms with E-state index < -0.39 is 5.60 Å². The van der Waals surface area contributed by atoms with Gasteiger partial charge in [0.25, 0.3) is 5.56 Å². The van der Waals surface area contributed by atoms with Crippen LogP contribution >= 0.6 is 0 Å².